The first-order chi connectivity index (χ1) is 9.06. The summed E-state index contributed by atoms with van der Waals surface area (Å²) in [5.74, 6) is 0.319. The average molecular weight is 270 g/mol. The van der Waals surface area contributed by atoms with Gasteiger partial charge in [-0.15, -0.1) is 0 Å². The third-order valence-corrected chi connectivity index (χ3v) is 2.88. The van der Waals surface area contributed by atoms with Gasteiger partial charge in [0, 0.05) is 25.4 Å². The molecular weight excluding hydrogens is 240 g/mol. The lowest BCUT2D eigenvalue weighted by atomic mass is 10.1. The van der Waals surface area contributed by atoms with E-state index in [0.29, 0.717) is 12.8 Å². The minimum Gasteiger partial charge on any atom is -0.356 e. The summed E-state index contributed by atoms with van der Waals surface area (Å²) in [6.07, 6.45) is 7.74. The molecule has 19 heavy (non-hydrogen) atoms. The van der Waals surface area contributed by atoms with Gasteiger partial charge in [-0.25, -0.2) is 0 Å². The number of hydrogen-bond acceptors (Lipinski definition) is 2. The molecule has 4 nitrogen and oxygen atoms in total. The molecule has 0 saturated heterocycles. The highest BCUT2D eigenvalue weighted by Gasteiger charge is 2.02. The van der Waals surface area contributed by atoms with E-state index < -0.39 is 0 Å². The van der Waals surface area contributed by atoms with Crippen molar-refractivity contribution in [3.8, 4) is 0 Å². The molecule has 0 rings (SSSR count). The number of hydrogen-bond donors (Lipinski definition) is 2. The van der Waals surface area contributed by atoms with Crippen LogP contribution in [-0.4, -0.2) is 24.4 Å². The van der Waals surface area contributed by atoms with Crippen LogP contribution in [0.4, 0.5) is 0 Å². The van der Waals surface area contributed by atoms with Crippen molar-refractivity contribution in [2.24, 2.45) is 0 Å². The van der Waals surface area contributed by atoms with Crippen molar-refractivity contribution >= 4 is 11.8 Å². The fraction of sp³-hybridized carbons (Fsp3) is 0.867. The summed E-state index contributed by atoms with van der Waals surface area (Å²) in [7, 11) is 0. The van der Waals surface area contributed by atoms with Gasteiger partial charge in [0.2, 0.25) is 11.8 Å². The number of amides is 2. The maximum Gasteiger partial charge on any atom is 0.220 e. The predicted molar refractivity (Wildman–Crippen MR) is 78.9 cm³/mol. The van der Waals surface area contributed by atoms with Gasteiger partial charge in [0.15, 0.2) is 0 Å². The molecule has 0 atom stereocenters. The summed E-state index contributed by atoms with van der Waals surface area (Å²) < 4.78 is 0. The molecule has 0 aliphatic heterocycles. The van der Waals surface area contributed by atoms with E-state index in [1.807, 2.05) is 20.8 Å². The maximum atomic E-state index is 11.4. The van der Waals surface area contributed by atoms with Crippen LogP contribution in [0.15, 0.2) is 0 Å². The highest BCUT2D eigenvalue weighted by Crippen LogP contribution is 2.08. The summed E-state index contributed by atoms with van der Waals surface area (Å²) in [5, 5.41) is 5.70. The van der Waals surface area contributed by atoms with Crippen LogP contribution in [0.1, 0.15) is 72.1 Å². The summed E-state index contributed by atoms with van der Waals surface area (Å²) in [6, 6.07) is 0.238. The monoisotopic (exact) mass is 270 g/mol. The Balaban J connectivity index is 3.23. The third kappa shape index (κ3) is 13.2. The molecule has 0 aromatic heterocycles. The fourth-order valence-corrected chi connectivity index (χ4v) is 1.96. The smallest absolute Gasteiger partial charge is 0.220 e. The Bertz CT molecular complexity index is 253. The first-order valence-corrected chi connectivity index (χ1v) is 7.62. The molecule has 0 aromatic carbocycles. The molecule has 2 amide bonds. The van der Waals surface area contributed by atoms with Crippen molar-refractivity contribution in [2.75, 3.05) is 6.54 Å². The molecule has 0 bridgehead atoms. The topological polar surface area (TPSA) is 58.2 Å². The highest BCUT2D eigenvalue weighted by atomic mass is 16.2. The van der Waals surface area contributed by atoms with E-state index in [1.54, 1.807) is 0 Å². The molecule has 0 fully saturated rings. The van der Waals surface area contributed by atoms with E-state index in [4.69, 9.17) is 0 Å². The highest BCUT2D eigenvalue weighted by molar-refractivity contribution is 5.76. The van der Waals surface area contributed by atoms with Gasteiger partial charge in [-0.3, -0.25) is 9.59 Å². The standard InChI is InChI=1S/C15H30N2O2/c1-4-16-14(18)11-9-7-5-6-8-10-12-15(19)17-13(2)3/h13H,4-12H2,1-3H3,(H,16,18)(H,17,19). The molecular formula is C15H30N2O2. The van der Waals surface area contributed by atoms with Crippen molar-refractivity contribution in [2.45, 2.75) is 78.2 Å². The molecule has 0 unspecified atom stereocenters. The molecule has 2 N–H and O–H groups in total. The fourth-order valence-electron chi connectivity index (χ4n) is 1.96. The van der Waals surface area contributed by atoms with Crippen LogP contribution >= 0.6 is 0 Å². The van der Waals surface area contributed by atoms with Crippen molar-refractivity contribution < 1.29 is 9.59 Å². The second-order valence-electron chi connectivity index (χ2n) is 5.30. The van der Waals surface area contributed by atoms with Crippen molar-refractivity contribution in [1.29, 1.82) is 0 Å². The summed E-state index contributed by atoms with van der Waals surface area (Å²) in [4.78, 5) is 22.6. The van der Waals surface area contributed by atoms with Crippen LogP contribution < -0.4 is 10.6 Å². The van der Waals surface area contributed by atoms with E-state index >= 15 is 0 Å². The summed E-state index contributed by atoms with van der Waals surface area (Å²) in [6.45, 7) is 6.61. The second kappa shape index (κ2) is 12.0. The Morgan fingerprint density at radius 3 is 1.79 bits per heavy atom. The zero-order chi connectivity index (χ0) is 14.5. The minimum absolute atomic E-state index is 0.159. The van der Waals surface area contributed by atoms with Gasteiger partial charge in [0.25, 0.3) is 0 Å². The third-order valence-electron chi connectivity index (χ3n) is 2.88. The predicted octanol–water partition coefficient (Wildman–Crippen LogP) is 2.77. The van der Waals surface area contributed by atoms with Crippen LogP contribution in [0.2, 0.25) is 0 Å². The lowest BCUT2D eigenvalue weighted by molar-refractivity contribution is -0.122. The molecule has 0 saturated carbocycles. The Morgan fingerprint density at radius 2 is 1.32 bits per heavy atom. The van der Waals surface area contributed by atoms with E-state index in [-0.39, 0.29) is 17.9 Å². The number of carbonyl (C=O) groups is 2. The van der Waals surface area contributed by atoms with Crippen molar-refractivity contribution in [3.05, 3.63) is 0 Å². The summed E-state index contributed by atoms with van der Waals surface area (Å²) in [5.41, 5.74) is 0. The Labute approximate surface area is 117 Å². The van der Waals surface area contributed by atoms with Gasteiger partial charge in [0.1, 0.15) is 0 Å². The molecule has 0 heterocycles. The van der Waals surface area contributed by atoms with Gasteiger partial charge in [-0.2, -0.15) is 0 Å². The normalized spacial score (nSPS) is 10.5. The van der Waals surface area contributed by atoms with Crippen molar-refractivity contribution in [3.63, 3.8) is 0 Å². The number of rotatable bonds is 11. The zero-order valence-corrected chi connectivity index (χ0v) is 12.8. The van der Waals surface area contributed by atoms with E-state index in [2.05, 4.69) is 10.6 Å². The van der Waals surface area contributed by atoms with Crippen LogP contribution in [0.25, 0.3) is 0 Å². The quantitative estimate of drug-likeness (QED) is 0.567. The molecule has 0 aliphatic rings. The van der Waals surface area contributed by atoms with E-state index in [9.17, 15) is 9.59 Å². The summed E-state index contributed by atoms with van der Waals surface area (Å²) >= 11 is 0. The number of carbonyl (C=O) groups excluding carboxylic acids is 2. The molecule has 0 aliphatic carbocycles. The molecule has 112 valence electrons. The lowest BCUT2D eigenvalue weighted by Gasteiger charge is -2.07. The first kappa shape index (κ1) is 17.9. The van der Waals surface area contributed by atoms with Crippen molar-refractivity contribution in [1.82, 2.24) is 10.6 Å². The molecule has 0 aromatic rings. The van der Waals surface area contributed by atoms with Crippen LogP contribution in [-0.2, 0) is 9.59 Å². The number of nitrogens with one attached hydrogen (secondary N) is 2. The second-order valence-corrected chi connectivity index (χ2v) is 5.30. The van der Waals surface area contributed by atoms with Gasteiger partial charge in [0.05, 0.1) is 0 Å². The number of unbranched alkanes of at least 4 members (excludes halogenated alkanes) is 5. The average Bonchev–Trinajstić information content (AvgIpc) is 2.32. The molecule has 4 heteroatoms. The van der Waals surface area contributed by atoms with Gasteiger partial charge < -0.3 is 10.6 Å². The Morgan fingerprint density at radius 1 is 0.842 bits per heavy atom. The van der Waals surface area contributed by atoms with Gasteiger partial charge >= 0.3 is 0 Å². The minimum atomic E-state index is 0.159. The van der Waals surface area contributed by atoms with Crippen LogP contribution in [0.3, 0.4) is 0 Å². The van der Waals surface area contributed by atoms with Crippen LogP contribution in [0, 0.1) is 0 Å². The SMILES string of the molecule is CCNC(=O)CCCCCCCCC(=O)NC(C)C. The molecule has 0 spiro atoms. The first-order valence-electron chi connectivity index (χ1n) is 7.62. The van der Waals surface area contributed by atoms with E-state index in [0.717, 1.165) is 45.1 Å². The molecule has 0 radical (unpaired) electrons. The lowest BCUT2D eigenvalue weighted by Crippen LogP contribution is -2.29. The van der Waals surface area contributed by atoms with Crippen LogP contribution in [0.5, 0.6) is 0 Å². The maximum absolute atomic E-state index is 11.4. The van der Waals surface area contributed by atoms with E-state index in [1.165, 1.54) is 0 Å². The zero-order valence-electron chi connectivity index (χ0n) is 12.8. The van der Waals surface area contributed by atoms with Gasteiger partial charge in [-0.05, 0) is 33.6 Å². The Kier molecular flexibility index (Phi) is 11.3. The van der Waals surface area contributed by atoms with Gasteiger partial charge in [-0.1, -0.05) is 25.7 Å². The largest absolute Gasteiger partial charge is 0.356 e. The Hall–Kier alpha value is -1.06.